The molecule has 0 saturated carbocycles. The van der Waals surface area contributed by atoms with Crippen molar-refractivity contribution in [3.63, 3.8) is 0 Å². The van der Waals surface area contributed by atoms with E-state index in [4.69, 9.17) is 5.73 Å². The molecule has 20 heavy (non-hydrogen) atoms. The summed E-state index contributed by atoms with van der Waals surface area (Å²) in [6, 6.07) is 15.8. The van der Waals surface area contributed by atoms with Crippen molar-refractivity contribution in [2.75, 3.05) is 5.73 Å². The fourth-order valence-electron chi connectivity index (χ4n) is 2.32. The second kappa shape index (κ2) is 5.59. The van der Waals surface area contributed by atoms with E-state index in [1.54, 1.807) is 11.8 Å². The minimum absolute atomic E-state index is 0.0302. The monoisotopic (exact) mass is 284 g/mol. The van der Waals surface area contributed by atoms with Gasteiger partial charge in [-0.25, -0.2) is 0 Å². The van der Waals surface area contributed by atoms with Crippen molar-refractivity contribution in [1.29, 1.82) is 0 Å². The Bertz CT molecular complexity index is 617. The van der Waals surface area contributed by atoms with E-state index in [1.807, 2.05) is 36.4 Å². The molecule has 0 aromatic heterocycles. The Kier molecular flexibility index (Phi) is 3.65. The number of benzene rings is 2. The number of para-hydroxylation sites is 1. The molecule has 102 valence electrons. The van der Waals surface area contributed by atoms with E-state index >= 15 is 0 Å². The molecule has 1 heterocycles. The lowest BCUT2D eigenvalue weighted by atomic mass is 10.1. The average Bonchev–Trinajstić information content (AvgIpc) is 2.90. The lowest BCUT2D eigenvalue weighted by Crippen LogP contribution is -2.32. The highest BCUT2D eigenvalue weighted by Crippen LogP contribution is 2.36. The van der Waals surface area contributed by atoms with Gasteiger partial charge < -0.3 is 11.1 Å². The van der Waals surface area contributed by atoms with Crippen molar-refractivity contribution in [1.82, 2.24) is 5.32 Å². The number of anilines is 1. The van der Waals surface area contributed by atoms with Crippen LogP contribution in [0.4, 0.5) is 5.69 Å². The molecule has 4 heteroatoms. The molecule has 3 nitrogen and oxygen atoms in total. The summed E-state index contributed by atoms with van der Waals surface area (Å²) < 4.78 is 0. The Morgan fingerprint density at radius 2 is 1.95 bits per heavy atom. The first-order chi connectivity index (χ1) is 9.74. The number of amides is 1. The van der Waals surface area contributed by atoms with E-state index < -0.39 is 0 Å². The van der Waals surface area contributed by atoms with Crippen molar-refractivity contribution in [3.8, 4) is 0 Å². The second-order valence-electron chi connectivity index (χ2n) is 4.83. The fourth-order valence-corrected chi connectivity index (χ4v) is 3.54. The first kappa shape index (κ1) is 13.1. The molecule has 3 N–H and O–H groups in total. The van der Waals surface area contributed by atoms with Crippen LogP contribution < -0.4 is 11.1 Å². The molecule has 0 radical (unpaired) electrons. The van der Waals surface area contributed by atoms with Gasteiger partial charge in [0.15, 0.2) is 0 Å². The van der Waals surface area contributed by atoms with E-state index in [0.717, 1.165) is 17.7 Å². The Labute approximate surface area is 122 Å². The normalized spacial score (nSPS) is 16.7. The Hall–Kier alpha value is -1.94. The SMILES string of the molecule is Nc1ccccc1CNC(=O)C1Cc2ccccc2S1. The van der Waals surface area contributed by atoms with Crippen LogP contribution in [0.2, 0.25) is 0 Å². The van der Waals surface area contributed by atoms with Crippen LogP contribution in [-0.4, -0.2) is 11.2 Å². The standard InChI is InChI=1S/C16H16N2OS/c17-13-7-3-1-6-12(13)10-18-16(19)15-9-11-5-2-4-8-14(11)20-15/h1-8,15H,9-10,17H2,(H,18,19). The van der Waals surface area contributed by atoms with E-state index in [9.17, 15) is 4.79 Å². The Morgan fingerprint density at radius 1 is 1.20 bits per heavy atom. The Balaban J connectivity index is 1.61. The van der Waals surface area contributed by atoms with Gasteiger partial charge in [0.2, 0.25) is 5.91 Å². The van der Waals surface area contributed by atoms with Crippen LogP contribution in [-0.2, 0) is 17.8 Å². The third-order valence-electron chi connectivity index (χ3n) is 3.45. The first-order valence-corrected chi connectivity index (χ1v) is 7.47. The number of thioether (sulfide) groups is 1. The van der Waals surface area contributed by atoms with E-state index in [1.165, 1.54) is 10.5 Å². The van der Waals surface area contributed by atoms with Crippen LogP contribution in [0.25, 0.3) is 0 Å². The third kappa shape index (κ3) is 2.65. The van der Waals surface area contributed by atoms with Gasteiger partial charge >= 0.3 is 0 Å². The van der Waals surface area contributed by atoms with Gasteiger partial charge in [-0.15, -0.1) is 11.8 Å². The zero-order valence-electron chi connectivity index (χ0n) is 11.0. The van der Waals surface area contributed by atoms with Crippen LogP contribution in [0, 0.1) is 0 Å². The molecule has 2 aromatic rings. The van der Waals surface area contributed by atoms with Crippen LogP contribution in [0.3, 0.4) is 0 Å². The van der Waals surface area contributed by atoms with Gasteiger partial charge in [0, 0.05) is 17.1 Å². The zero-order valence-corrected chi connectivity index (χ0v) is 11.8. The van der Waals surface area contributed by atoms with E-state index in [0.29, 0.717) is 6.54 Å². The molecule has 1 amide bonds. The van der Waals surface area contributed by atoms with E-state index in [-0.39, 0.29) is 11.2 Å². The number of rotatable bonds is 3. The summed E-state index contributed by atoms with van der Waals surface area (Å²) in [6.45, 7) is 0.485. The summed E-state index contributed by atoms with van der Waals surface area (Å²) in [4.78, 5) is 13.4. The molecule has 2 aromatic carbocycles. The highest BCUT2D eigenvalue weighted by Gasteiger charge is 2.27. The maximum absolute atomic E-state index is 12.2. The van der Waals surface area contributed by atoms with Crippen LogP contribution in [0.1, 0.15) is 11.1 Å². The van der Waals surface area contributed by atoms with Gasteiger partial charge in [-0.1, -0.05) is 36.4 Å². The molecule has 1 aliphatic heterocycles. The van der Waals surface area contributed by atoms with Crippen LogP contribution in [0.15, 0.2) is 53.4 Å². The number of carbonyl (C=O) groups excluding carboxylic acids is 1. The molecule has 0 bridgehead atoms. The van der Waals surface area contributed by atoms with E-state index in [2.05, 4.69) is 17.4 Å². The minimum Gasteiger partial charge on any atom is -0.398 e. The topological polar surface area (TPSA) is 55.1 Å². The summed E-state index contributed by atoms with van der Waals surface area (Å²) in [5.74, 6) is 0.0782. The molecule has 0 spiro atoms. The lowest BCUT2D eigenvalue weighted by molar-refractivity contribution is -0.120. The van der Waals surface area contributed by atoms with Crippen LogP contribution >= 0.6 is 11.8 Å². The summed E-state index contributed by atoms with van der Waals surface area (Å²) in [7, 11) is 0. The van der Waals surface area contributed by atoms with Gasteiger partial charge in [0.05, 0.1) is 5.25 Å². The van der Waals surface area contributed by atoms with Crippen molar-refractivity contribution < 1.29 is 4.79 Å². The van der Waals surface area contributed by atoms with Gasteiger partial charge in [0.1, 0.15) is 0 Å². The largest absolute Gasteiger partial charge is 0.398 e. The number of nitrogens with two attached hydrogens (primary N) is 1. The van der Waals surface area contributed by atoms with Crippen molar-refractivity contribution in [3.05, 3.63) is 59.7 Å². The van der Waals surface area contributed by atoms with Gasteiger partial charge in [0.25, 0.3) is 0 Å². The van der Waals surface area contributed by atoms with Gasteiger partial charge in [-0.05, 0) is 29.7 Å². The number of nitrogen functional groups attached to an aromatic ring is 1. The smallest absolute Gasteiger partial charge is 0.234 e. The molecule has 0 saturated heterocycles. The predicted molar refractivity (Wildman–Crippen MR) is 82.5 cm³/mol. The number of hydrogen-bond acceptors (Lipinski definition) is 3. The zero-order chi connectivity index (χ0) is 13.9. The highest BCUT2D eigenvalue weighted by atomic mass is 32.2. The van der Waals surface area contributed by atoms with Crippen molar-refractivity contribution in [2.45, 2.75) is 23.1 Å². The molecule has 1 aliphatic rings. The number of nitrogens with one attached hydrogen (secondary N) is 1. The summed E-state index contributed by atoms with van der Waals surface area (Å²) in [6.07, 6.45) is 0.803. The maximum Gasteiger partial charge on any atom is 0.234 e. The molecular weight excluding hydrogens is 268 g/mol. The lowest BCUT2D eigenvalue weighted by Gasteiger charge is -2.11. The summed E-state index contributed by atoms with van der Waals surface area (Å²) in [5, 5.41) is 2.95. The summed E-state index contributed by atoms with van der Waals surface area (Å²) >= 11 is 1.64. The van der Waals surface area contributed by atoms with Crippen molar-refractivity contribution >= 4 is 23.4 Å². The van der Waals surface area contributed by atoms with Gasteiger partial charge in [-0.3, -0.25) is 4.79 Å². The molecular formula is C16H16N2OS. The maximum atomic E-state index is 12.2. The quantitative estimate of drug-likeness (QED) is 0.852. The molecule has 0 aliphatic carbocycles. The number of hydrogen-bond donors (Lipinski definition) is 2. The average molecular weight is 284 g/mol. The second-order valence-corrected chi connectivity index (χ2v) is 6.08. The first-order valence-electron chi connectivity index (χ1n) is 6.59. The van der Waals surface area contributed by atoms with Crippen molar-refractivity contribution in [2.24, 2.45) is 0 Å². The predicted octanol–water partition coefficient (Wildman–Crippen LogP) is 2.60. The fraction of sp³-hybridized carbons (Fsp3) is 0.188. The highest BCUT2D eigenvalue weighted by molar-refractivity contribution is 8.01. The number of carbonyl (C=O) groups is 1. The molecule has 1 unspecified atom stereocenters. The van der Waals surface area contributed by atoms with Gasteiger partial charge in [-0.2, -0.15) is 0 Å². The summed E-state index contributed by atoms with van der Waals surface area (Å²) in [5.41, 5.74) is 8.81. The molecule has 0 fully saturated rings. The number of fused-ring (bicyclic) bond motifs is 1. The minimum atomic E-state index is -0.0302. The molecule has 1 atom stereocenters. The molecule has 3 rings (SSSR count). The Morgan fingerprint density at radius 3 is 2.75 bits per heavy atom. The van der Waals surface area contributed by atoms with Crippen LogP contribution in [0.5, 0.6) is 0 Å². The third-order valence-corrected chi connectivity index (χ3v) is 4.77.